The fraction of sp³-hybridized carbons (Fsp3) is 0.161. The Labute approximate surface area is 227 Å². The lowest BCUT2D eigenvalue weighted by atomic mass is 10.0. The minimum Gasteiger partial charge on any atom is -0.497 e. The van der Waals surface area contributed by atoms with Gasteiger partial charge in [-0.1, -0.05) is 18.2 Å². The van der Waals surface area contributed by atoms with Crippen LogP contribution in [-0.2, 0) is 11.4 Å². The Kier molecular flexibility index (Phi) is 7.36. The van der Waals surface area contributed by atoms with Crippen LogP contribution in [0.4, 0.5) is 17.1 Å². The molecule has 0 aliphatic carbocycles. The van der Waals surface area contributed by atoms with Gasteiger partial charge in [-0.2, -0.15) is 0 Å². The Morgan fingerprint density at radius 3 is 2.31 bits per heavy atom. The molecule has 198 valence electrons. The quantitative estimate of drug-likeness (QED) is 0.294. The van der Waals surface area contributed by atoms with Gasteiger partial charge in [0.25, 0.3) is 5.91 Å². The Morgan fingerprint density at radius 2 is 1.62 bits per heavy atom. The van der Waals surface area contributed by atoms with E-state index in [9.17, 15) is 9.59 Å². The van der Waals surface area contributed by atoms with Crippen molar-refractivity contribution in [2.24, 2.45) is 0 Å². The van der Waals surface area contributed by atoms with Crippen molar-refractivity contribution >= 4 is 28.9 Å². The third-order valence-corrected chi connectivity index (χ3v) is 6.47. The Morgan fingerprint density at radius 1 is 0.897 bits per heavy atom. The highest BCUT2D eigenvalue weighted by molar-refractivity contribution is 6.12. The fourth-order valence-electron chi connectivity index (χ4n) is 4.58. The highest BCUT2D eigenvalue weighted by Gasteiger charge is 2.34. The van der Waals surface area contributed by atoms with Gasteiger partial charge in [0.05, 0.1) is 19.8 Å². The van der Waals surface area contributed by atoms with Gasteiger partial charge in [-0.3, -0.25) is 14.5 Å². The number of carbonyl (C=O) groups is 2. The summed E-state index contributed by atoms with van der Waals surface area (Å²) in [6, 6.07) is 27.9. The van der Waals surface area contributed by atoms with Crippen LogP contribution in [0.25, 0.3) is 0 Å². The van der Waals surface area contributed by atoms with Crippen LogP contribution in [0.3, 0.4) is 0 Å². The number of nitrogens with zero attached hydrogens (tertiary/aromatic N) is 1. The predicted octanol–water partition coefficient (Wildman–Crippen LogP) is 6.01. The second kappa shape index (κ2) is 11.2. The van der Waals surface area contributed by atoms with Crippen molar-refractivity contribution in [3.8, 4) is 17.2 Å². The highest BCUT2D eigenvalue weighted by Crippen LogP contribution is 2.38. The number of fused-ring (bicyclic) bond motifs is 1. The van der Waals surface area contributed by atoms with Crippen LogP contribution in [-0.4, -0.2) is 26.0 Å². The molecule has 1 aliphatic rings. The van der Waals surface area contributed by atoms with Crippen molar-refractivity contribution in [1.82, 2.24) is 0 Å². The van der Waals surface area contributed by atoms with Crippen molar-refractivity contribution in [2.45, 2.75) is 19.7 Å². The molecule has 2 amide bonds. The molecule has 0 aromatic heterocycles. The molecule has 4 aromatic carbocycles. The first-order valence-electron chi connectivity index (χ1n) is 12.5. The van der Waals surface area contributed by atoms with E-state index in [0.29, 0.717) is 28.5 Å². The molecule has 1 atom stereocenters. The first-order valence-corrected chi connectivity index (χ1v) is 12.5. The summed E-state index contributed by atoms with van der Waals surface area (Å²) in [6.07, 6.45) is -0.470. The molecule has 39 heavy (non-hydrogen) atoms. The number of carbonyl (C=O) groups excluding carboxylic acids is 2. The van der Waals surface area contributed by atoms with E-state index >= 15 is 0 Å². The van der Waals surface area contributed by atoms with Gasteiger partial charge in [0.15, 0.2) is 0 Å². The van der Waals surface area contributed by atoms with E-state index in [-0.39, 0.29) is 18.4 Å². The lowest BCUT2D eigenvalue weighted by Gasteiger charge is -2.38. The summed E-state index contributed by atoms with van der Waals surface area (Å²) in [6.45, 7) is 1.71. The van der Waals surface area contributed by atoms with Gasteiger partial charge >= 0.3 is 0 Å². The summed E-state index contributed by atoms with van der Waals surface area (Å²) in [5.41, 5.74) is 4.49. The SMILES string of the molecule is COc1ccc(N2C(=O)c3ccccc3N[C@H]2c2ccc(OC)c(COc3ccc(NC(C)=O)cc3)c2)cc1. The smallest absolute Gasteiger partial charge is 0.262 e. The van der Waals surface area contributed by atoms with Gasteiger partial charge in [-0.25, -0.2) is 0 Å². The van der Waals surface area contributed by atoms with Gasteiger partial charge < -0.3 is 24.8 Å². The molecule has 0 spiro atoms. The normalized spacial score (nSPS) is 14.2. The number of amides is 2. The third kappa shape index (κ3) is 5.50. The second-order valence-electron chi connectivity index (χ2n) is 9.03. The van der Waals surface area contributed by atoms with Gasteiger partial charge in [0.1, 0.15) is 30.0 Å². The van der Waals surface area contributed by atoms with Crippen LogP contribution in [0.1, 0.15) is 34.6 Å². The van der Waals surface area contributed by atoms with Gasteiger partial charge in [-0.05, 0) is 78.4 Å². The first kappa shape index (κ1) is 25.7. The lowest BCUT2D eigenvalue weighted by molar-refractivity contribution is -0.114. The summed E-state index contributed by atoms with van der Waals surface area (Å²) in [5.74, 6) is 1.80. The molecular formula is C31H29N3O5. The van der Waals surface area contributed by atoms with Gasteiger partial charge in [0.2, 0.25) is 5.91 Å². The van der Waals surface area contributed by atoms with Crippen LogP contribution in [0, 0.1) is 0 Å². The monoisotopic (exact) mass is 523 g/mol. The molecule has 8 nitrogen and oxygen atoms in total. The number of benzene rings is 4. The van der Waals surface area contributed by atoms with Crippen LogP contribution >= 0.6 is 0 Å². The Balaban J connectivity index is 1.46. The van der Waals surface area contributed by atoms with Crippen LogP contribution in [0.5, 0.6) is 17.2 Å². The number of rotatable bonds is 8. The summed E-state index contributed by atoms with van der Waals surface area (Å²) in [4.78, 5) is 26.8. The number of hydrogen-bond acceptors (Lipinski definition) is 6. The second-order valence-corrected chi connectivity index (χ2v) is 9.03. The van der Waals surface area contributed by atoms with Crippen molar-refractivity contribution in [3.63, 3.8) is 0 Å². The fourth-order valence-corrected chi connectivity index (χ4v) is 4.58. The van der Waals surface area contributed by atoms with Crippen molar-refractivity contribution in [2.75, 3.05) is 29.8 Å². The average molecular weight is 524 g/mol. The molecule has 0 bridgehead atoms. The molecule has 0 radical (unpaired) electrons. The summed E-state index contributed by atoms with van der Waals surface area (Å²) >= 11 is 0. The van der Waals surface area contributed by atoms with E-state index in [2.05, 4.69) is 10.6 Å². The van der Waals surface area contributed by atoms with E-state index in [0.717, 1.165) is 22.5 Å². The molecule has 0 unspecified atom stereocenters. The molecule has 0 saturated heterocycles. The van der Waals surface area contributed by atoms with Gasteiger partial charge in [-0.15, -0.1) is 0 Å². The molecule has 2 N–H and O–H groups in total. The maximum Gasteiger partial charge on any atom is 0.262 e. The van der Waals surface area contributed by atoms with E-state index in [4.69, 9.17) is 14.2 Å². The summed E-state index contributed by atoms with van der Waals surface area (Å²) in [7, 11) is 3.23. The number of methoxy groups -OCH3 is 2. The van der Waals surface area contributed by atoms with E-state index in [1.54, 1.807) is 43.4 Å². The number of para-hydroxylation sites is 1. The van der Waals surface area contributed by atoms with Crippen LogP contribution in [0.2, 0.25) is 0 Å². The zero-order valence-electron chi connectivity index (χ0n) is 21.9. The zero-order valence-corrected chi connectivity index (χ0v) is 21.9. The molecule has 5 rings (SSSR count). The standard InChI is InChI=1S/C31H29N3O5/c1-20(35)32-23-9-13-26(14-10-23)39-19-22-18-21(8-17-29(22)38-3)30-33-28-7-5-4-6-27(28)31(36)34(30)24-11-15-25(37-2)16-12-24/h4-18,30,33H,19H2,1-3H3,(H,32,35)/t30-/m1/s1. The number of ether oxygens (including phenoxy) is 3. The molecule has 0 saturated carbocycles. The molecule has 0 fully saturated rings. The minimum absolute atomic E-state index is 0.104. The maximum absolute atomic E-state index is 13.7. The van der Waals surface area contributed by atoms with E-state index in [1.807, 2.05) is 66.7 Å². The van der Waals surface area contributed by atoms with Crippen LogP contribution < -0.4 is 29.7 Å². The Bertz CT molecular complexity index is 1490. The summed E-state index contributed by atoms with van der Waals surface area (Å²) < 4.78 is 17.0. The average Bonchev–Trinajstić information content (AvgIpc) is 2.96. The number of anilines is 3. The minimum atomic E-state index is -0.470. The van der Waals surface area contributed by atoms with E-state index in [1.165, 1.54) is 6.92 Å². The van der Waals surface area contributed by atoms with E-state index < -0.39 is 6.17 Å². The molecule has 1 aliphatic heterocycles. The molecule has 1 heterocycles. The van der Waals surface area contributed by atoms with Gasteiger partial charge in [0, 0.05) is 29.5 Å². The topological polar surface area (TPSA) is 89.1 Å². The first-order chi connectivity index (χ1) is 19.0. The largest absolute Gasteiger partial charge is 0.497 e. The van der Waals surface area contributed by atoms with Crippen molar-refractivity contribution in [1.29, 1.82) is 0 Å². The molecule has 8 heteroatoms. The van der Waals surface area contributed by atoms with Crippen molar-refractivity contribution < 1.29 is 23.8 Å². The van der Waals surface area contributed by atoms with Crippen molar-refractivity contribution in [3.05, 3.63) is 108 Å². The zero-order chi connectivity index (χ0) is 27.4. The lowest BCUT2D eigenvalue weighted by Crippen LogP contribution is -2.43. The summed E-state index contributed by atoms with van der Waals surface area (Å²) in [5, 5.41) is 6.28. The number of nitrogens with one attached hydrogen (secondary N) is 2. The highest BCUT2D eigenvalue weighted by atomic mass is 16.5. The van der Waals surface area contributed by atoms with Crippen LogP contribution in [0.15, 0.2) is 91.0 Å². The molecular weight excluding hydrogens is 494 g/mol. The third-order valence-electron chi connectivity index (χ3n) is 6.47. The maximum atomic E-state index is 13.7. The Hall–Kier alpha value is -4.98. The molecule has 4 aromatic rings. The predicted molar refractivity (Wildman–Crippen MR) is 151 cm³/mol. The number of hydrogen-bond donors (Lipinski definition) is 2.